The molecule has 138 valence electrons. The minimum absolute atomic E-state index is 0.103. The zero-order chi connectivity index (χ0) is 18.6. The van der Waals surface area contributed by atoms with E-state index >= 15 is 0 Å². The third-order valence-corrected chi connectivity index (χ3v) is 5.76. The third-order valence-electron chi connectivity index (χ3n) is 4.84. The molecule has 0 saturated heterocycles. The van der Waals surface area contributed by atoms with Gasteiger partial charge in [-0.25, -0.2) is 12.7 Å². The molecule has 7 heteroatoms. The molecule has 0 radical (unpaired) electrons. The van der Waals surface area contributed by atoms with Crippen molar-refractivity contribution in [1.82, 2.24) is 8.51 Å². The number of nitrogens with one attached hydrogen (secondary N) is 2. The number of hydrogen-bond donors (Lipinski definition) is 2. The van der Waals surface area contributed by atoms with Crippen molar-refractivity contribution in [3.8, 4) is 0 Å². The van der Waals surface area contributed by atoms with Crippen molar-refractivity contribution >= 4 is 34.6 Å². The number of nitrogens with zero attached hydrogens (tertiary/aromatic N) is 1. The van der Waals surface area contributed by atoms with Crippen LogP contribution in [0, 0.1) is 11.7 Å². The third kappa shape index (κ3) is 4.15. The van der Waals surface area contributed by atoms with Crippen LogP contribution in [0.2, 0.25) is 0 Å². The Bertz CT molecular complexity index is 771. The molecule has 2 N–H and O–H groups in total. The van der Waals surface area contributed by atoms with Crippen molar-refractivity contribution in [3.63, 3.8) is 0 Å². The molecule has 1 fully saturated rings. The normalized spacial score (nSPS) is 16.0. The fraction of sp³-hybridized carbons (Fsp3) is 0.368. The van der Waals surface area contributed by atoms with Gasteiger partial charge in [0, 0.05) is 35.3 Å². The van der Waals surface area contributed by atoms with Gasteiger partial charge in [0.2, 0.25) is 0 Å². The van der Waals surface area contributed by atoms with E-state index < -0.39 is 17.4 Å². The predicted molar refractivity (Wildman–Crippen MR) is 107 cm³/mol. The highest BCUT2D eigenvalue weighted by Crippen LogP contribution is 2.42. The summed E-state index contributed by atoms with van der Waals surface area (Å²) in [5.41, 5.74) is 1.54. The van der Waals surface area contributed by atoms with Gasteiger partial charge in [0.25, 0.3) is 0 Å². The minimum atomic E-state index is -0.698. The number of carbonyl (C=O) groups excluding carboxylic acids is 1. The Morgan fingerprint density at radius 2 is 2.04 bits per heavy atom. The van der Waals surface area contributed by atoms with Gasteiger partial charge in [0.15, 0.2) is 0 Å². The Labute approximate surface area is 166 Å². The first kappa shape index (κ1) is 19.0. The van der Waals surface area contributed by atoms with Crippen LogP contribution < -0.4 is 8.85 Å². The molecular weight excluding hydrogens is 448 g/mol. The maximum atomic E-state index is 14.2. The number of rotatable bonds is 7. The summed E-state index contributed by atoms with van der Waals surface area (Å²) in [7, 11) is 1.25. The molecule has 26 heavy (non-hydrogen) atoms. The van der Waals surface area contributed by atoms with Gasteiger partial charge < -0.3 is 4.74 Å². The summed E-state index contributed by atoms with van der Waals surface area (Å²) >= 11 is 2.15. The fourth-order valence-electron chi connectivity index (χ4n) is 3.12. The number of ether oxygens (including phenoxy) is 1. The lowest BCUT2D eigenvalue weighted by molar-refractivity contribution is 0.186. The number of aromatic nitrogens is 1. The fourth-order valence-corrected chi connectivity index (χ4v) is 4.02. The smallest absolute Gasteiger partial charge is 0.411 e. The van der Waals surface area contributed by atoms with Gasteiger partial charge in [-0.15, -0.1) is 0 Å². The van der Waals surface area contributed by atoms with Crippen molar-refractivity contribution in [1.29, 1.82) is 0 Å². The van der Waals surface area contributed by atoms with E-state index in [0.717, 1.165) is 29.9 Å². The van der Waals surface area contributed by atoms with Crippen LogP contribution in [-0.4, -0.2) is 18.2 Å². The molecule has 5 nitrogen and oxygen atoms in total. The summed E-state index contributed by atoms with van der Waals surface area (Å²) in [5.74, 6) is 0.257. The van der Waals surface area contributed by atoms with Gasteiger partial charge in [-0.2, -0.15) is 0 Å². The van der Waals surface area contributed by atoms with Gasteiger partial charge >= 0.3 is 6.09 Å². The van der Waals surface area contributed by atoms with Crippen molar-refractivity contribution in [2.75, 3.05) is 12.4 Å². The van der Waals surface area contributed by atoms with E-state index in [4.69, 9.17) is 0 Å². The van der Waals surface area contributed by atoms with Crippen molar-refractivity contribution in [2.24, 2.45) is 5.92 Å². The molecule has 1 aliphatic rings. The number of amides is 1. The topological polar surface area (TPSA) is 63.2 Å². The van der Waals surface area contributed by atoms with E-state index in [1.165, 1.54) is 26.0 Å². The summed E-state index contributed by atoms with van der Waals surface area (Å²) in [6.45, 7) is 0. The number of hydrogen-bond acceptors (Lipinski definition) is 4. The first-order valence-electron chi connectivity index (χ1n) is 8.52. The first-order chi connectivity index (χ1) is 12.6. The summed E-state index contributed by atoms with van der Waals surface area (Å²) in [6, 6.07) is 8.74. The molecule has 1 saturated carbocycles. The van der Waals surface area contributed by atoms with E-state index in [-0.39, 0.29) is 5.69 Å². The number of anilines is 1. The van der Waals surface area contributed by atoms with E-state index in [2.05, 4.69) is 41.4 Å². The number of carbonyl (C=O) groups is 1. The average Bonchev–Trinajstić information content (AvgIpc) is 3.50. The number of methoxy groups -OCH3 is 1. The molecule has 1 amide bonds. The van der Waals surface area contributed by atoms with Gasteiger partial charge in [0.1, 0.15) is 5.82 Å². The van der Waals surface area contributed by atoms with Crippen LogP contribution in [0.5, 0.6) is 0 Å². The van der Waals surface area contributed by atoms with Crippen LogP contribution in [-0.2, 0) is 10.3 Å². The molecule has 0 aliphatic heterocycles. The Hall–Kier alpha value is -1.74. The second kappa shape index (κ2) is 8.30. The lowest BCUT2D eigenvalue weighted by Crippen LogP contribution is -2.38. The van der Waals surface area contributed by atoms with E-state index in [0.29, 0.717) is 0 Å². The van der Waals surface area contributed by atoms with Crippen molar-refractivity contribution < 1.29 is 13.9 Å². The Morgan fingerprint density at radius 1 is 1.31 bits per heavy atom. The molecule has 1 atom stereocenters. The molecular formula is C19H21FIN3O2. The molecule has 3 rings (SSSR count). The molecule has 2 aromatic rings. The van der Waals surface area contributed by atoms with Crippen LogP contribution in [0.1, 0.15) is 36.8 Å². The summed E-state index contributed by atoms with van der Waals surface area (Å²) < 4.78 is 22.2. The van der Waals surface area contributed by atoms with E-state index in [1.807, 2.05) is 12.1 Å². The minimum Gasteiger partial charge on any atom is -0.453 e. The molecule has 1 aromatic carbocycles. The van der Waals surface area contributed by atoms with E-state index in [1.54, 1.807) is 24.5 Å². The molecule has 1 aromatic heterocycles. The second-order valence-corrected chi connectivity index (χ2v) is 7.07. The van der Waals surface area contributed by atoms with Gasteiger partial charge in [-0.1, -0.05) is 18.9 Å². The molecule has 1 aliphatic carbocycles. The Balaban J connectivity index is 2.02. The van der Waals surface area contributed by atoms with Gasteiger partial charge in [-0.05, 0) is 54.2 Å². The van der Waals surface area contributed by atoms with Crippen molar-refractivity contribution in [3.05, 3.63) is 59.7 Å². The average molecular weight is 469 g/mol. The molecule has 0 bridgehead atoms. The highest BCUT2D eigenvalue weighted by atomic mass is 127. The summed E-state index contributed by atoms with van der Waals surface area (Å²) in [4.78, 5) is 15.6. The number of pyridine rings is 1. The first-order valence-corrected chi connectivity index (χ1v) is 9.60. The lowest BCUT2D eigenvalue weighted by atomic mass is 9.79. The molecule has 1 heterocycles. The maximum absolute atomic E-state index is 14.2. The quantitative estimate of drug-likeness (QED) is 0.453. The van der Waals surface area contributed by atoms with Crippen LogP contribution in [0.4, 0.5) is 14.9 Å². The molecule has 0 spiro atoms. The van der Waals surface area contributed by atoms with Crippen LogP contribution in [0.15, 0.2) is 42.7 Å². The van der Waals surface area contributed by atoms with Gasteiger partial charge in [0.05, 0.1) is 18.3 Å². The summed E-state index contributed by atoms with van der Waals surface area (Å²) in [5, 5.41) is 2.45. The second-order valence-electron chi connectivity index (χ2n) is 6.53. The van der Waals surface area contributed by atoms with Crippen LogP contribution >= 0.6 is 22.9 Å². The zero-order valence-corrected chi connectivity index (χ0v) is 16.6. The lowest BCUT2D eigenvalue weighted by Gasteiger charge is -2.34. The van der Waals surface area contributed by atoms with Gasteiger partial charge in [-0.3, -0.25) is 10.3 Å². The number of halogens is 2. The Kier molecular flexibility index (Phi) is 6.08. The Morgan fingerprint density at radius 3 is 2.65 bits per heavy atom. The standard InChI is InChI=1S/C19H21FIN3O2/c1-26-18(25)23-17-12-15(4-5-16(17)20)19(24-21,9-6-13-2-3-13)14-7-10-22-11-8-14/h4-5,7-8,10-13,24H,2-3,6,9H2,1H3,(H,23,25). The number of benzene rings is 1. The highest BCUT2D eigenvalue weighted by Gasteiger charge is 2.36. The predicted octanol–water partition coefficient (Wildman–Crippen LogP) is 4.77. The van der Waals surface area contributed by atoms with Crippen LogP contribution in [0.3, 0.4) is 0 Å². The van der Waals surface area contributed by atoms with Crippen LogP contribution in [0.25, 0.3) is 0 Å². The largest absolute Gasteiger partial charge is 0.453 e. The zero-order valence-electron chi connectivity index (χ0n) is 14.5. The molecule has 1 unspecified atom stereocenters. The SMILES string of the molecule is COC(=O)Nc1cc(C(CCC2CC2)(NI)c2ccncc2)ccc1F. The van der Waals surface area contributed by atoms with E-state index in [9.17, 15) is 9.18 Å². The summed E-state index contributed by atoms with van der Waals surface area (Å²) in [6.07, 6.45) is 7.30. The maximum Gasteiger partial charge on any atom is 0.411 e. The van der Waals surface area contributed by atoms with Crippen molar-refractivity contribution in [2.45, 2.75) is 31.2 Å². The highest BCUT2D eigenvalue weighted by molar-refractivity contribution is 14.1. The monoisotopic (exact) mass is 469 g/mol.